The summed E-state index contributed by atoms with van der Waals surface area (Å²) in [7, 11) is -4.13. The van der Waals surface area contributed by atoms with Crippen molar-refractivity contribution in [3.05, 3.63) is 131 Å². The molecule has 0 aliphatic carbocycles. The zero-order chi connectivity index (χ0) is 31.7. The lowest BCUT2D eigenvalue weighted by molar-refractivity contribution is -0.140. The number of hydrogen-bond acceptors (Lipinski definition) is 4. The third kappa shape index (κ3) is 8.35. The Balaban J connectivity index is 1.81. The van der Waals surface area contributed by atoms with Crippen molar-refractivity contribution >= 4 is 27.5 Å². The highest BCUT2D eigenvalue weighted by Gasteiger charge is 2.35. The summed E-state index contributed by atoms with van der Waals surface area (Å²) >= 11 is 0. The lowest BCUT2D eigenvalue weighted by Gasteiger charge is -2.34. The Morgan fingerprint density at radius 3 is 1.84 bits per heavy atom. The fourth-order valence-corrected chi connectivity index (χ4v) is 6.54. The highest BCUT2D eigenvalue weighted by Crippen LogP contribution is 2.27. The average Bonchev–Trinajstić information content (AvgIpc) is 3.02. The minimum atomic E-state index is -4.13. The molecule has 0 bridgehead atoms. The molecule has 0 saturated heterocycles. The van der Waals surface area contributed by atoms with Crippen molar-refractivity contribution in [2.45, 2.75) is 64.1 Å². The van der Waals surface area contributed by atoms with E-state index in [-0.39, 0.29) is 29.8 Å². The number of nitrogens with one attached hydrogen (secondary N) is 1. The van der Waals surface area contributed by atoms with E-state index in [2.05, 4.69) is 5.32 Å². The Morgan fingerprint density at radius 2 is 1.30 bits per heavy atom. The number of anilines is 1. The van der Waals surface area contributed by atoms with E-state index < -0.39 is 28.5 Å². The number of hydrogen-bond donors (Lipinski definition) is 1. The molecule has 4 rings (SSSR count). The summed E-state index contributed by atoms with van der Waals surface area (Å²) < 4.78 is 29.4. The summed E-state index contributed by atoms with van der Waals surface area (Å²) in [4.78, 5) is 30.0. The van der Waals surface area contributed by atoms with Gasteiger partial charge in [-0.3, -0.25) is 13.9 Å². The fourth-order valence-electron chi connectivity index (χ4n) is 5.12. The fraction of sp³-hybridized carbons (Fsp3) is 0.278. The third-order valence-corrected chi connectivity index (χ3v) is 9.36. The molecule has 0 fully saturated rings. The van der Waals surface area contributed by atoms with Crippen LogP contribution in [0.3, 0.4) is 0 Å². The van der Waals surface area contributed by atoms with Crippen LogP contribution in [-0.4, -0.2) is 43.8 Å². The van der Waals surface area contributed by atoms with Crippen LogP contribution in [0, 0.1) is 13.8 Å². The first-order valence-corrected chi connectivity index (χ1v) is 16.4. The molecule has 4 aromatic carbocycles. The predicted molar refractivity (Wildman–Crippen MR) is 176 cm³/mol. The molecule has 230 valence electrons. The van der Waals surface area contributed by atoms with E-state index in [1.807, 2.05) is 94.4 Å². The SMILES string of the molecule is CC[C@@H](C)NC(=O)[C@H](Cc1ccccc1)N(Cc1ccccc1)C(=O)CN(c1cc(C)cc(C)c1)S(=O)(=O)c1ccccc1. The molecule has 8 heteroatoms. The molecule has 0 aromatic heterocycles. The molecule has 0 spiro atoms. The number of sulfonamides is 1. The van der Waals surface area contributed by atoms with E-state index in [4.69, 9.17) is 0 Å². The summed E-state index contributed by atoms with van der Waals surface area (Å²) in [5.41, 5.74) is 3.86. The second kappa shape index (κ2) is 14.8. The van der Waals surface area contributed by atoms with Gasteiger partial charge in [0.2, 0.25) is 11.8 Å². The zero-order valence-corrected chi connectivity index (χ0v) is 26.6. The van der Waals surface area contributed by atoms with E-state index in [0.29, 0.717) is 5.69 Å². The van der Waals surface area contributed by atoms with Crippen LogP contribution in [0.1, 0.15) is 42.5 Å². The quantitative estimate of drug-likeness (QED) is 0.199. The summed E-state index contributed by atoms with van der Waals surface area (Å²) in [6.07, 6.45) is 1.00. The maximum Gasteiger partial charge on any atom is 0.264 e. The molecule has 2 atom stereocenters. The lowest BCUT2D eigenvalue weighted by atomic mass is 10.0. The van der Waals surface area contributed by atoms with Crippen molar-refractivity contribution in [3.8, 4) is 0 Å². The number of benzene rings is 4. The molecule has 1 N–H and O–H groups in total. The topological polar surface area (TPSA) is 86.8 Å². The predicted octanol–water partition coefficient (Wildman–Crippen LogP) is 6.05. The highest BCUT2D eigenvalue weighted by molar-refractivity contribution is 7.92. The Labute approximate surface area is 261 Å². The largest absolute Gasteiger partial charge is 0.352 e. The molecular formula is C36H41N3O4S. The average molecular weight is 612 g/mol. The van der Waals surface area contributed by atoms with Gasteiger partial charge in [0.1, 0.15) is 12.6 Å². The maximum atomic E-state index is 14.5. The normalized spacial score (nSPS) is 12.6. The third-order valence-electron chi connectivity index (χ3n) is 7.57. The van der Waals surface area contributed by atoms with Crippen LogP contribution in [0.15, 0.2) is 114 Å². The van der Waals surface area contributed by atoms with Gasteiger partial charge in [0.15, 0.2) is 0 Å². The summed E-state index contributed by atoms with van der Waals surface area (Å²) in [5.74, 6) is -0.760. The van der Waals surface area contributed by atoms with Crippen molar-refractivity contribution in [3.63, 3.8) is 0 Å². The van der Waals surface area contributed by atoms with Crippen molar-refractivity contribution < 1.29 is 18.0 Å². The van der Waals surface area contributed by atoms with Gasteiger partial charge in [0.05, 0.1) is 10.6 Å². The Morgan fingerprint density at radius 1 is 0.773 bits per heavy atom. The van der Waals surface area contributed by atoms with Gasteiger partial charge in [-0.2, -0.15) is 0 Å². The monoisotopic (exact) mass is 611 g/mol. The van der Waals surface area contributed by atoms with E-state index in [0.717, 1.165) is 33.0 Å². The number of carbonyl (C=O) groups is 2. The molecule has 7 nitrogen and oxygen atoms in total. The van der Waals surface area contributed by atoms with Gasteiger partial charge in [-0.25, -0.2) is 8.42 Å². The standard InChI is InChI=1S/C36H41N3O4S/c1-5-29(4)37-36(41)34(24-30-15-9-6-10-16-30)38(25-31-17-11-7-12-18-31)35(40)26-39(32-22-27(2)21-28(3)23-32)44(42,43)33-19-13-8-14-20-33/h6-23,29,34H,5,24-26H2,1-4H3,(H,37,41)/t29-,34+/m1/s1. The van der Waals surface area contributed by atoms with Gasteiger partial charge in [-0.15, -0.1) is 0 Å². The number of nitrogens with zero attached hydrogens (tertiary/aromatic N) is 2. The summed E-state index contributed by atoms with van der Waals surface area (Å²) in [6, 6.07) is 31.6. The van der Waals surface area contributed by atoms with Crippen molar-refractivity contribution in [1.29, 1.82) is 0 Å². The van der Waals surface area contributed by atoms with Gasteiger partial charge in [0, 0.05) is 19.0 Å². The van der Waals surface area contributed by atoms with Crippen LogP contribution in [-0.2, 0) is 32.6 Å². The van der Waals surface area contributed by atoms with Gasteiger partial charge in [-0.05, 0) is 73.7 Å². The van der Waals surface area contributed by atoms with Crippen LogP contribution in [0.25, 0.3) is 0 Å². The van der Waals surface area contributed by atoms with Crippen LogP contribution < -0.4 is 9.62 Å². The van der Waals surface area contributed by atoms with Crippen LogP contribution in [0.4, 0.5) is 5.69 Å². The first kappa shape index (κ1) is 32.5. The van der Waals surface area contributed by atoms with Gasteiger partial charge in [-0.1, -0.05) is 91.9 Å². The molecule has 0 heterocycles. The van der Waals surface area contributed by atoms with Gasteiger partial charge >= 0.3 is 0 Å². The maximum absolute atomic E-state index is 14.5. The smallest absolute Gasteiger partial charge is 0.264 e. The van der Waals surface area contributed by atoms with Gasteiger partial charge < -0.3 is 10.2 Å². The Bertz CT molecular complexity index is 1620. The molecule has 0 unspecified atom stereocenters. The summed E-state index contributed by atoms with van der Waals surface area (Å²) in [5, 5.41) is 3.06. The molecule has 0 aliphatic heterocycles. The minimum Gasteiger partial charge on any atom is -0.352 e. The number of rotatable bonds is 13. The molecule has 4 aromatic rings. The molecule has 0 radical (unpaired) electrons. The van der Waals surface area contributed by atoms with Crippen LogP contribution in [0.5, 0.6) is 0 Å². The van der Waals surface area contributed by atoms with Crippen LogP contribution >= 0.6 is 0 Å². The summed E-state index contributed by atoms with van der Waals surface area (Å²) in [6.45, 7) is 7.35. The van der Waals surface area contributed by atoms with Gasteiger partial charge in [0.25, 0.3) is 10.0 Å². The number of aryl methyl sites for hydroxylation is 2. The second-order valence-corrected chi connectivity index (χ2v) is 13.1. The number of carbonyl (C=O) groups excluding carboxylic acids is 2. The molecule has 0 saturated carbocycles. The Hall–Kier alpha value is -4.43. The Kier molecular flexibility index (Phi) is 11.0. The molecule has 44 heavy (non-hydrogen) atoms. The van der Waals surface area contributed by atoms with Crippen LogP contribution in [0.2, 0.25) is 0 Å². The number of amides is 2. The van der Waals surface area contributed by atoms with E-state index >= 15 is 0 Å². The first-order valence-electron chi connectivity index (χ1n) is 14.9. The second-order valence-electron chi connectivity index (χ2n) is 11.2. The zero-order valence-electron chi connectivity index (χ0n) is 25.8. The van der Waals surface area contributed by atoms with Crippen molar-refractivity contribution in [2.75, 3.05) is 10.8 Å². The van der Waals surface area contributed by atoms with E-state index in [1.165, 1.54) is 17.0 Å². The van der Waals surface area contributed by atoms with E-state index in [9.17, 15) is 18.0 Å². The van der Waals surface area contributed by atoms with E-state index in [1.54, 1.807) is 30.3 Å². The molecular weight excluding hydrogens is 570 g/mol. The molecule has 0 aliphatic rings. The first-order chi connectivity index (χ1) is 21.1. The van der Waals surface area contributed by atoms with Crippen molar-refractivity contribution in [1.82, 2.24) is 10.2 Å². The molecule has 2 amide bonds. The van der Waals surface area contributed by atoms with Crippen molar-refractivity contribution in [2.24, 2.45) is 0 Å². The lowest BCUT2D eigenvalue weighted by Crippen LogP contribution is -2.54. The minimum absolute atomic E-state index is 0.0805. The highest BCUT2D eigenvalue weighted by atomic mass is 32.2.